The molecule has 1 rings (SSSR count). The fraction of sp³-hybridized carbons (Fsp3) is 0.222. The van der Waals surface area contributed by atoms with Gasteiger partial charge in [-0.25, -0.2) is 13.6 Å². The van der Waals surface area contributed by atoms with Gasteiger partial charge in [-0.2, -0.15) is 0 Å². The van der Waals surface area contributed by atoms with E-state index in [-0.39, 0.29) is 17.3 Å². The second-order valence-electron chi connectivity index (χ2n) is 3.35. The first kappa shape index (κ1) is 14.2. The lowest BCUT2D eigenvalue weighted by molar-refractivity contribution is 0.598. The molecule has 94 valence electrons. The van der Waals surface area contributed by atoms with Crippen molar-refractivity contribution in [3.05, 3.63) is 28.8 Å². The Kier molecular flexibility index (Phi) is 4.70. The molecule has 0 bridgehead atoms. The first-order chi connectivity index (χ1) is 7.79. The van der Waals surface area contributed by atoms with Crippen molar-refractivity contribution in [2.75, 3.05) is 17.6 Å². The van der Waals surface area contributed by atoms with Crippen LogP contribution in [0.2, 0.25) is 5.02 Å². The van der Waals surface area contributed by atoms with Gasteiger partial charge in [0.2, 0.25) is 10.0 Å². The number of benzene rings is 1. The summed E-state index contributed by atoms with van der Waals surface area (Å²) in [6.45, 7) is 0.210. The van der Waals surface area contributed by atoms with E-state index in [1.807, 2.05) is 0 Å². The highest BCUT2D eigenvalue weighted by Crippen LogP contribution is 2.20. The van der Waals surface area contributed by atoms with Crippen LogP contribution >= 0.6 is 23.8 Å². The van der Waals surface area contributed by atoms with Crippen LogP contribution in [0.15, 0.2) is 18.2 Å². The van der Waals surface area contributed by atoms with Crippen LogP contribution in [0.4, 0.5) is 5.69 Å². The summed E-state index contributed by atoms with van der Waals surface area (Å²) in [4.78, 5) is 0.214. The zero-order valence-corrected chi connectivity index (χ0v) is 11.2. The number of primary sulfonamides is 1. The number of nitrogens with two attached hydrogens (primary N) is 2. The summed E-state index contributed by atoms with van der Waals surface area (Å²) < 4.78 is 21.4. The molecule has 5 nitrogen and oxygen atoms in total. The van der Waals surface area contributed by atoms with Gasteiger partial charge in [0.1, 0.15) is 4.99 Å². The number of nitrogens with one attached hydrogen (secondary N) is 1. The van der Waals surface area contributed by atoms with Crippen LogP contribution < -0.4 is 16.2 Å². The van der Waals surface area contributed by atoms with E-state index in [0.29, 0.717) is 16.3 Å². The largest absolute Gasteiger partial charge is 0.389 e. The van der Waals surface area contributed by atoms with Crippen molar-refractivity contribution in [2.24, 2.45) is 10.9 Å². The van der Waals surface area contributed by atoms with Crippen LogP contribution in [0.1, 0.15) is 5.56 Å². The molecule has 1 aromatic carbocycles. The number of hydrogen-bond acceptors (Lipinski definition) is 4. The van der Waals surface area contributed by atoms with Crippen LogP contribution in [0.25, 0.3) is 0 Å². The number of sulfonamides is 1. The first-order valence-electron chi connectivity index (χ1n) is 4.63. The molecule has 17 heavy (non-hydrogen) atoms. The molecule has 1 aromatic rings. The fourth-order valence-electron chi connectivity index (χ4n) is 1.16. The van der Waals surface area contributed by atoms with Gasteiger partial charge in [-0.05, 0) is 18.2 Å². The topological polar surface area (TPSA) is 98.2 Å². The Bertz CT molecular complexity index is 531. The average Bonchev–Trinajstić information content (AvgIpc) is 2.15. The first-order valence-corrected chi connectivity index (χ1v) is 7.13. The predicted molar refractivity (Wildman–Crippen MR) is 73.8 cm³/mol. The van der Waals surface area contributed by atoms with Crippen molar-refractivity contribution in [1.29, 1.82) is 0 Å². The van der Waals surface area contributed by atoms with Crippen LogP contribution in [0.5, 0.6) is 0 Å². The Morgan fingerprint density at radius 1 is 1.47 bits per heavy atom. The minimum atomic E-state index is -3.46. The molecular formula is C9H12ClN3O2S2. The van der Waals surface area contributed by atoms with Crippen molar-refractivity contribution >= 4 is 44.5 Å². The summed E-state index contributed by atoms with van der Waals surface area (Å²) >= 11 is 10.7. The molecule has 0 saturated heterocycles. The molecule has 0 saturated carbocycles. The van der Waals surface area contributed by atoms with E-state index in [0.717, 1.165) is 0 Å². The van der Waals surface area contributed by atoms with E-state index >= 15 is 0 Å². The molecule has 0 amide bonds. The predicted octanol–water partition coefficient (Wildman–Crippen LogP) is 0.675. The van der Waals surface area contributed by atoms with Crippen molar-refractivity contribution in [3.8, 4) is 0 Å². The highest BCUT2D eigenvalue weighted by Gasteiger charge is 2.05. The Hall–Kier alpha value is -0.890. The SMILES string of the molecule is NC(=S)c1ccc(NCCS(N)(=O)=O)cc1Cl. The lowest BCUT2D eigenvalue weighted by Gasteiger charge is -2.08. The van der Waals surface area contributed by atoms with Crippen molar-refractivity contribution in [2.45, 2.75) is 0 Å². The zero-order valence-electron chi connectivity index (χ0n) is 8.81. The Labute approximate surface area is 110 Å². The Balaban J connectivity index is 2.68. The van der Waals surface area contributed by atoms with Gasteiger partial charge < -0.3 is 11.1 Å². The van der Waals surface area contributed by atoms with E-state index in [4.69, 9.17) is 34.7 Å². The van der Waals surface area contributed by atoms with Crippen LogP contribution in [0, 0.1) is 0 Å². The van der Waals surface area contributed by atoms with Gasteiger partial charge in [-0.3, -0.25) is 0 Å². The summed E-state index contributed by atoms with van der Waals surface area (Å²) in [5.74, 6) is -0.151. The van der Waals surface area contributed by atoms with Gasteiger partial charge in [0.25, 0.3) is 0 Å². The normalized spacial score (nSPS) is 11.2. The maximum Gasteiger partial charge on any atom is 0.210 e. The van der Waals surface area contributed by atoms with Crippen LogP contribution in [-0.4, -0.2) is 25.7 Å². The molecule has 0 heterocycles. The lowest BCUT2D eigenvalue weighted by atomic mass is 10.2. The van der Waals surface area contributed by atoms with E-state index in [1.54, 1.807) is 18.2 Å². The monoisotopic (exact) mass is 293 g/mol. The summed E-state index contributed by atoms with van der Waals surface area (Å²) in [6, 6.07) is 5.01. The molecule has 0 aliphatic rings. The van der Waals surface area contributed by atoms with E-state index < -0.39 is 10.0 Å². The number of anilines is 1. The number of halogens is 1. The van der Waals surface area contributed by atoms with Gasteiger partial charge in [0.05, 0.1) is 10.8 Å². The second-order valence-corrected chi connectivity index (χ2v) is 5.93. The fourth-order valence-corrected chi connectivity index (χ4v) is 2.07. The third-order valence-electron chi connectivity index (χ3n) is 1.95. The lowest BCUT2D eigenvalue weighted by Crippen LogP contribution is -2.22. The van der Waals surface area contributed by atoms with Crippen molar-refractivity contribution < 1.29 is 8.42 Å². The maximum absolute atomic E-state index is 10.7. The van der Waals surface area contributed by atoms with Crippen LogP contribution in [0.3, 0.4) is 0 Å². The summed E-state index contributed by atoms with van der Waals surface area (Å²) in [7, 11) is -3.46. The van der Waals surface area contributed by atoms with E-state index in [2.05, 4.69) is 5.32 Å². The highest BCUT2D eigenvalue weighted by molar-refractivity contribution is 7.89. The van der Waals surface area contributed by atoms with Crippen LogP contribution in [-0.2, 0) is 10.0 Å². The molecule has 0 aliphatic carbocycles. The van der Waals surface area contributed by atoms with Crippen molar-refractivity contribution in [1.82, 2.24) is 0 Å². The quantitative estimate of drug-likeness (QED) is 0.693. The van der Waals surface area contributed by atoms with Crippen molar-refractivity contribution in [3.63, 3.8) is 0 Å². The Morgan fingerprint density at radius 2 is 2.12 bits per heavy atom. The minimum Gasteiger partial charge on any atom is -0.389 e. The standard InChI is InChI=1S/C9H12ClN3O2S2/c10-8-5-6(1-2-7(8)9(11)16)13-3-4-17(12,14)15/h1-2,5,13H,3-4H2,(H2,11,16)(H2,12,14,15). The summed E-state index contributed by atoms with van der Waals surface area (Å²) in [5, 5.41) is 8.16. The van der Waals surface area contributed by atoms with Gasteiger partial charge in [-0.15, -0.1) is 0 Å². The van der Waals surface area contributed by atoms with Gasteiger partial charge in [0.15, 0.2) is 0 Å². The third kappa shape index (κ3) is 4.86. The molecule has 0 aromatic heterocycles. The molecule has 0 atom stereocenters. The van der Waals surface area contributed by atoms with Gasteiger partial charge in [0, 0.05) is 17.8 Å². The highest BCUT2D eigenvalue weighted by atomic mass is 35.5. The summed E-state index contributed by atoms with van der Waals surface area (Å²) in [6.07, 6.45) is 0. The zero-order chi connectivity index (χ0) is 13.1. The number of hydrogen-bond donors (Lipinski definition) is 3. The third-order valence-corrected chi connectivity index (χ3v) is 3.26. The molecule has 8 heteroatoms. The average molecular weight is 294 g/mol. The van der Waals surface area contributed by atoms with Gasteiger partial charge in [-0.1, -0.05) is 23.8 Å². The number of thiocarbonyl (C=S) groups is 1. The number of rotatable bonds is 5. The molecule has 5 N–H and O–H groups in total. The molecular weight excluding hydrogens is 282 g/mol. The molecule has 0 unspecified atom stereocenters. The van der Waals surface area contributed by atoms with E-state index in [1.165, 1.54) is 0 Å². The maximum atomic E-state index is 10.7. The smallest absolute Gasteiger partial charge is 0.210 e. The molecule has 0 fully saturated rings. The van der Waals surface area contributed by atoms with Gasteiger partial charge >= 0.3 is 0 Å². The summed E-state index contributed by atoms with van der Waals surface area (Å²) in [5.41, 5.74) is 6.71. The molecule has 0 radical (unpaired) electrons. The molecule has 0 aliphatic heterocycles. The second kappa shape index (κ2) is 5.63. The van der Waals surface area contributed by atoms with E-state index in [9.17, 15) is 8.42 Å². The minimum absolute atomic E-state index is 0.151. The Morgan fingerprint density at radius 3 is 2.59 bits per heavy atom. The molecule has 0 spiro atoms.